The number of aromatic amines is 1. The van der Waals surface area contributed by atoms with E-state index in [4.69, 9.17) is 0 Å². The summed E-state index contributed by atoms with van der Waals surface area (Å²) in [6.45, 7) is 6.46. The van der Waals surface area contributed by atoms with Gasteiger partial charge in [0.2, 0.25) is 10.0 Å². The van der Waals surface area contributed by atoms with Gasteiger partial charge < -0.3 is 5.32 Å². The average Bonchev–Trinajstić information content (AvgIpc) is 2.58. The van der Waals surface area contributed by atoms with Crippen molar-refractivity contribution in [3.8, 4) is 0 Å². The van der Waals surface area contributed by atoms with Gasteiger partial charge in [0.25, 0.3) is 0 Å². The molecule has 0 aliphatic heterocycles. The Kier molecular flexibility index (Phi) is 4.67. The van der Waals surface area contributed by atoms with Crippen LogP contribution in [0.25, 0.3) is 0 Å². The first-order valence-corrected chi connectivity index (χ1v) is 7.05. The summed E-state index contributed by atoms with van der Waals surface area (Å²) in [5.74, 6) is 0.268. The van der Waals surface area contributed by atoms with Gasteiger partial charge in [-0.1, -0.05) is 13.8 Å². The molecule has 0 atom stereocenters. The normalized spacial score (nSPS) is 12.3. The summed E-state index contributed by atoms with van der Waals surface area (Å²) >= 11 is 0. The minimum absolute atomic E-state index is 0.257. The van der Waals surface area contributed by atoms with E-state index in [-0.39, 0.29) is 10.8 Å². The lowest BCUT2D eigenvalue weighted by Gasteiger charge is -2.09. The van der Waals surface area contributed by atoms with Crippen molar-refractivity contribution in [3.63, 3.8) is 0 Å². The molecule has 0 radical (unpaired) electrons. The second-order valence-electron chi connectivity index (χ2n) is 4.40. The minimum atomic E-state index is -3.48. The van der Waals surface area contributed by atoms with Crippen LogP contribution < -0.4 is 10.0 Å². The molecule has 0 spiro atoms. The fraction of sp³-hybridized carbons (Fsp3) is 0.700. The lowest BCUT2D eigenvalue weighted by atomic mass is 10.2. The number of aryl methyl sites for hydroxylation is 1. The van der Waals surface area contributed by atoms with Gasteiger partial charge in [-0.25, -0.2) is 13.1 Å². The molecule has 0 bridgehead atoms. The van der Waals surface area contributed by atoms with E-state index in [2.05, 4.69) is 20.2 Å². The van der Waals surface area contributed by atoms with Crippen molar-refractivity contribution in [2.75, 3.05) is 13.6 Å². The first kappa shape index (κ1) is 14.1. The fourth-order valence-corrected chi connectivity index (χ4v) is 3.04. The molecular formula is C10H20N4O2S. The van der Waals surface area contributed by atoms with E-state index in [1.54, 1.807) is 14.0 Å². The van der Waals surface area contributed by atoms with Crippen LogP contribution in [0, 0.1) is 12.8 Å². The van der Waals surface area contributed by atoms with Gasteiger partial charge >= 0.3 is 0 Å². The van der Waals surface area contributed by atoms with Crippen LogP contribution in [0.15, 0.2) is 4.90 Å². The SMILES string of the molecule is CNCc1n[nH]c(C)c1S(=O)(=O)NCC(C)C. The Labute approximate surface area is 102 Å². The molecule has 7 heteroatoms. The highest BCUT2D eigenvalue weighted by Crippen LogP contribution is 2.17. The molecule has 98 valence electrons. The zero-order valence-electron chi connectivity index (χ0n) is 10.7. The van der Waals surface area contributed by atoms with Crippen LogP contribution in [0.5, 0.6) is 0 Å². The van der Waals surface area contributed by atoms with E-state index in [0.717, 1.165) is 0 Å². The zero-order valence-corrected chi connectivity index (χ0v) is 11.5. The predicted octanol–water partition coefficient (Wildman–Crippen LogP) is 0.372. The van der Waals surface area contributed by atoms with E-state index in [9.17, 15) is 8.42 Å². The second-order valence-corrected chi connectivity index (χ2v) is 6.10. The molecule has 0 unspecified atom stereocenters. The predicted molar refractivity (Wildman–Crippen MR) is 66.1 cm³/mol. The minimum Gasteiger partial charge on any atom is -0.314 e. The van der Waals surface area contributed by atoms with Crippen molar-refractivity contribution in [1.29, 1.82) is 0 Å². The zero-order chi connectivity index (χ0) is 13.1. The van der Waals surface area contributed by atoms with Gasteiger partial charge in [-0.2, -0.15) is 5.10 Å². The summed E-state index contributed by atoms with van der Waals surface area (Å²) in [6, 6.07) is 0. The summed E-state index contributed by atoms with van der Waals surface area (Å²) in [5, 5.41) is 9.60. The summed E-state index contributed by atoms with van der Waals surface area (Å²) in [4.78, 5) is 0.257. The van der Waals surface area contributed by atoms with Crippen molar-refractivity contribution in [2.45, 2.75) is 32.2 Å². The molecule has 6 nitrogen and oxygen atoms in total. The van der Waals surface area contributed by atoms with E-state index in [1.165, 1.54) is 0 Å². The third-order valence-electron chi connectivity index (χ3n) is 2.26. The molecule has 0 fully saturated rings. The number of sulfonamides is 1. The molecule has 1 heterocycles. The topological polar surface area (TPSA) is 86.9 Å². The van der Waals surface area contributed by atoms with Crippen LogP contribution in [0.2, 0.25) is 0 Å². The molecule has 1 rings (SSSR count). The van der Waals surface area contributed by atoms with Crippen LogP contribution in [-0.4, -0.2) is 32.2 Å². The molecule has 0 aliphatic rings. The number of hydrogen-bond acceptors (Lipinski definition) is 4. The lowest BCUT2D eigenvalue weighted by molar-refractivity contribution is 0.558. The second kappa shape index (κ2) is 5.61. The van der Waals surface area contributed by atoms with Crippen molar-refractivity contribution in [2.24, 2.45) is 5.92 Å². The summed E-state index contributed by atoms with van der Waals surface area (Å²) in [5.41, 5.74) is 1.08. The highest BCUT2D eigenvalue weighted by molar-refractivity contribution is 7.89. The van der Waals surface area contributed by atoms with E-state index in [0.29, 0.717) is 24.5 Å². The molecular weight excluding hydrogens is 240 g/mol. The Morgan fingerprint density at radius 1 is 1.41 bits per heavy atom. The molecule has 1 aromatic rings. The maximum Gasteiger partial charge on any atom is 0.244 e. The van der Waals surface area contributed by atoms with Crippen LogP contribution in [0.1, 0.15) is 25.2 Å². The molecule has 0 aromatic carbocycles. The van der Waals surface area contributed by atoms with E-state index < -0.39 is 10.0 Å². The molecule has 0 saturated heterocycles. The molecule has 0 saturated carbocycles. The summed E-state index contributed by atoms with van der Waals surface area (Å²) < 4.78 is 26.8. The molecule has 0 aliphatic carbocycles. The number of hydrogen-bond donors (Lipinski definition) is 3. The summed E-state index contributed by atoms with van der Waals surface area (Å²) in [7, 11) is -1.73. The number of H-pyrrole nitrogens is 1. The van der Waals surface area contributed by atoms with Gasteiger partial charge in [-0.3, -0.25) is 5.10 Å². The highest BCUT2D eigenvalue weighted by atomic mass is 32.2. The van der Waals surface area contributed by atoms with Crippen molar-refractivity contribution >= 4 is 10.0 Å². The van der Waals surface area contributed by atoms with Gasteiger partial charge in [0.05, 0.1) is 11.4 Å². The third-order valence-corrected chi connectivity index (χ3v) is 3.88. The summed E-state index contributed by atoms with van der Waals surface area (Å²) in [6.07, 6.45) is 0. The Balaban J connectivity index is 3.01. The lowest BCUT2D eigenvalue weighted by Crippen LogP contribution is -2.29. The standard InChI is InChI=1S/C10H20N4O2S/c1-7(2)5-12-17(15,16)10-8(3)13-14-9(10)6-11-4/h7,11-12H,5-6H2,1-4H3,(H,13,14). The maximum absolute atomic E-state index is 12.1. The monoisotopic (exact) mass is 260 g/mol. The van der Waals surface area contributed by atoms with Crippen molar-refractivity contribution in [3.05, 3.63) is 11.4 Å². The average molecular weight is 260 g/mol. The maximum atomic E-state index is 12.1. The Morgan fingerprint density at radius 2 is 2.06 bits per heavy atom. The van der Waals surface area contributed by atoms with Crippen LogP contribution in [0.4, 0.5) is 0 Å². The smallest absolute Gasteiger partial charge is 0.244 e. The Hall–Kier alpha value is -0.920. The van der Waals surface area contributed by atoms with Crippen LogP contribution in [0.3, 0.4) is 0 Å². The van der Waals surface area contributed by atoms with E-state index >= 15 is 0 Å². The fourth-order valence-electron chi connectivity index (χ4n) is 1.46. The number of rotatable bonds is 6. The van der Waals surface area contributed by atoms with Gasteiger partial charge in [0.15, 0.2) is 0 Å². The van der Waals surface area contributed by atoms with E-state index in [1.807, 2.05) is 13.8 Å². The van der Waals surface area contributed by atoms with Crippen molar-refractivity contribution in [1.82, 2.24) is 20.2 Å². The third kappa shape index (κ3) is 3.52. The van der Waals surface area contributed by atoms with Gasteiger partial charge in [0.1, 0.15) is 4.90 Å². The first-order chi connectivity index (χ1) is 7.88. The van der Waals surface area contributed by atoms with Gasteiger partial charge in [0, 0.05) is 13.1 Å². The largest absolute Gasteiger partial charge is 0.314 e. The first-order valence-electron chi connectivity index (χ1n) is 5.56. The van der Waals surface area contributed by atoms with Crippen LogP contribution >= 0.6 is 0 Å². The van der Waals surface area contributed by atoms with Crippen molar-refractivity contribution < 1.29 is 8.42 Å². The van der Waals surface area contributed by atoms with Gasteiger partial charge in [-0.15, -0.1) is 0 Å². The molecule has 1 aromatic heterocycles. The quantitative estimate of drug-likeness (QED) is 0.690. The number of nitrogens with one attached hydrogen (secondary N) is 3. The molecule has 17 heavy (non-hydrogen) atoms. The Bertz CT molecular complexity index is 465. The number of nitrogens with zero attached hydrogens (tertiary/aromatic N) is 1. The van der Waals surface area contributed by atoms with Crippen LogP contribution in [-0.2, 0) is 16.6 Å². The van der Waals surface area contributed by atoms with Gasteiger partial charge in [-0.05, 0) is 19.9 Å². The molecule has 3 N–H and O–H groups in total. The number of aromatic nitrogens is 2. The molecule has 0 amide bonds. The Morgan fingerprint density at radius 3 is 2.59 bits per heavy atom. The highest BCUT2D eigenvalue weighted by Gasteiger charge is 2.23.